The number of fused-ring (bicyclic) bond motifs is 20. The fourth-order valence-corrected chi connectivity index (χ4v) is 22.0. The molecule has 10 aliphatic heterocycles. The number of para-hydroxylation sites is 12. The third-order valence-electron chi connectivity index (χ3n) is 21.2. The van der Waals surface area contributed by atoms with Gasteiger partial charge in [-0.25, -0.2) is 0 Å². The van der Waals surface area contributed by atoms with Gasteiger partial charge < -0.3 is 38.9 Å². The fraction of sp³-hybridized carbons (Fsp3) is 0. The van der Waals surface area contributed by atoms with Gasteiger partial charge in [0.15, 0.2) is 23.0 Å². The summed E-state index contributed by atoms with van der Waals surface area (Å²) in [5.74, 6) is 3.34. The van der Waals surface area contributed by atoms with Crippen molar-refractivity contribution in [2.45, 2.75) is 39.2 Å². The molecule has 0 unspecified atom stereocenters. The normalized spacial score (nSPS) is 15.0. The maximum atomic E-state index is 6.90. The number of anilines is 18. The second-order valence-electron chi connectivity index (χ2n) is 26.2. The molecule has 10 heterocycles. The first-order chi connectivity index (χ1) is 48.6. The summed E-state index contributed by atoms with van der Waals surface area (Å²) in [7, 11) is 0. The quantitative estimate of drug-likeness (QED) is 0.158. The van der Waals surface area contributed by atoms with Crippen LogP contribution in [0.5, 0.6) is 23.0 Å². The van der Waals surface area contributed by atoms with E-state index in [1.165, 1.54) is 129 Å². The average molecular weight is 1320 g/mol. The Labute approximate surface area is 582 Å². The number of benzene rings is 14. The Kier molecular flexibility index (Phi) is 10.5. The van der Waals surface area contributed by atoms with Gasteiger partial charge in [0.25, 0.3) is 13.4 Å². The zero-order valence-electron chi connectivity index (χ0n) is 51.8. The Morgan fingerprint density at radius 1 is 0.235 bits per heavy atom. The van der Waals surface area contributed by atoms with Crippen LogP contribution in [0.15, 0.2) is 318 Å². The van der Waals surface area contributed by atoms with E-state index in [0.29, 0.717) is 0 Å². The van der Waals surface area contributed by atoms with E-state index in [1.54, 1.807) is 0 Å². The molecule has 0 spiro atoms. The Hall–Kier alpha value is -11.0. The summed E-state index contributed by atoms with van der Waals surface area (Å²) in [4.78, 5) is 25.1. The predicted octanol–water partition coefficient (Wildman–Crippen LogP) is 20.5. The van der Waals surface area contributed by atoms with E-state index in [0.717, 1.165) is 79.9 Å². The van der Waals surface area contributed by atoms with Gasteiger partial charge in [0.2, 0.25) is 0 Å². The van der Waals surface area contributed by atoms with Gasteiger partial charge in [0.1, 0.15) is 0 Å². The van der Waals surface area contributed by atoms with Gasteiger partial charge in [-0.1, -0.05) is 187 Å². The number of ether oxygens (including phenoxy) is 2. The average Bonchev–Trinajstić information content (AvgIpc) is 0.685. The van der Waals surface area contributed by atoms with E-state index in [2.05, 4.69) is 308 Å². The SMILES string of the molecule is c1ccc2c(c1)Oc1cccc3c1N2c1cc(N2c4ccccc4Sc4c(-c5cc6c7c(c5)B5c8cccc9c8N(c8ccccc8S9)c8cc(N9c%10ccccc%10Sc%10ccccc%109)cc(c85)N7c5ccccc5S6)cccc42)cc2c1B3c1cccc3c1N2c1ccccc1O3. The van der Waals surface area contributed by atoms with E-state index < -0.39 is 0 Å². The maximum absolute atomic E-state index is 6.90. The van der Waals surface area contributed by atoms with Crippen LogP contribution in [0.2, 0.25) is 0 Å². The number of hydrogen-bond donors (Lipinski definition) is 0. The third-order valence-corrected chi connectivity index (χ3v) is 25.8. The van der Waals surface area contributed by atoms with Crippen LogP contribution in [0.1, 0.15) is 0 Å². The summed E-state index contributed by atoms with van der Waals surface area (Å²) in [6.45, 7) is -0.216. The number of hydrogen-bond acceptors (Lipinski definition) is 12. The van der Waals surface area contributed by atoms with Crippen LogP contribution in [0.4, 0.5) is 102 Å². The van der Waals surface area contributed by atoms with Gasteiger partial charge in [0, 0.05) is 61.9 Å². The van der Waals surface area contributed by atoms with Crippen LogP contribution in [0.25, 0.3) is 11.1 Å². The van der Waals surface area contributed by atoms with Gasteiger partial charge in [-0.2, -0.15) is 0 Å². The maximum Gasteiger partial charge on any atom is 0.252 e. The Morgan fingerprint density at radius 2 is 0.582 bits per heavy atom. The minimum absolute atomic E-state index is 0.106. The Balaban J connectivity index is 0.745. The van der Waals surface area contributed by atoms with Crippen molar-refractivity contribution in [1.82, 2.24) is 0 Å². The lowest BCUT2D eigenvalue weighted by Crippen LogP contribution is -2.62. The number of rotatable bonds is 3. The highest BCUT2D eigenvalue weighted by Gasteiger charge is 2.51. The van der Waals surface area contributed by atoms with E-state index in [4.69, 9.17) is 9.47 Å². The first-order valence-electron chi connectivity index (χ1n) is 33.2. The molecule has 0 aliphatic carbocycles. The molecule has 0 N–H and O–H groups in total. The second kappa shape index (κ2) is 19.4. The van der Waals surface area contributed by atoms with Crippen molar-refractivity contribution in [2.75, 3.05) is 29.4 Å². The molecule has 0 fully saturated rings. The minimum Gasteiger partial charge on any atom is -0.453 e. The molecule has 0 radical (unpaired) electrons. The first-order valence-corrected chi connectivity index (χ1v) is 36.5. The van der Waals surface area contributed by atoms with Crippen LogP contribution in [0.3, 0.4) is 0 Å². The molecular weight excluding hydrogens is 1270 g/mol. The van der Waals surface area contributed by atoms with Gasteiger partial charge >= 0.3 is 0 Å². The Bertz CT molecular complexity index is 5860. The van der Waals surface area contributed by atoms with Crippen LogP contribution in [-0.4, -0.2) is 13.4 Å². The monoisotopic (exact) mass is 1320 g/mol. The predicted molar refractivity (Wildman–Crippen MR) is 406 cm³/mol. The van der Waals surface area contributed by atoms with E-state index in [-0.39, 0.29) is 13.4 Å². The molecule has 0 atom stereocenters. The highest BCUT2D eigenvalue weighted by Crippen LogP contribution is 2.64. The molecule has 10 aliphatic rings. The summed E-state index contributed by atoms with van der Waals surface area (Å²) in [6, 6.07) is 104. The number of nitrogens with zero attached hydrogens (tertiary/aromatic N) is 6. The molecule has 0 saturated carbocycles. The zero-order valence-corrected chi connectivity index (χ0v) is 55.1. The highest BCUT2D eigenvalue weighted by molar-refractivity contribution is 8.00. The molecular formula is C84H46B2N6O2S4. The topological polar surface area (TPSA) is 37.9 Å². The Morgan fingerprint density at radius 3 is 1.10 bits per heavy atom. The van der Waals surface area contributed by atoms with Gasteiger partial charge in [-0.15, -0.1) is 0 Å². The third kappa shape index (κ3) is 6.94. The molecule has 454 valence electrons. The van der Waals surface area contributed by atoms with Crippen LogP contribution in [-0.2, 0) is 0 Å². The minimum atomic E-state index is -0.111. The standard InChI is InChI=1S/C84H46B2N6O2S4/c1-8-31-67-55(23-1)89-63-45-49(46-64-78(63)85(51-20-16-33-69(93-67)80(51)89)52-21-17-34-70-81(52)90(64)56-24-2-9-32-68(56)94-70)88-59-27-5-14-39-75(59)98-84-50(19-15-30-62(84)88)47-41-54-83-77(42-47)97-74-38-13-7-29-61(74)92(83)66-44-48(87-57-25-3-10-35-71(57)95-72-36-11-4-26-58(72)87)43-65-79(66)86(54)53-22-18-40-76-82(53)91(65)60-28-6-12-37-73(60)96-76/h1-46H. The molecule has 0 amide bonds. The van der Waals surface area contributed by atoms with Gasteiger partial charge in [0.05, 0.1) is 79.6 Å². The van der Waals surface area contributed by atoms with E-state index >= 15 is 0 Å². The largest absolute Gasteiger partial charge is 0.453 e. The van der Waals surface area contributed by atoms with Crippen LogP contribution in [0, 0.1) is 0 Å². The lowest BCUT2D eigenvalue weighted by molar-refractivity contribution is 0.477. The molecule has 8 nitrogen and oxygen atoms in total. The van der Waals surface area contributed by atoms with Crippen molar-refractivity contribution in [3.63, 3.8) is 0 Å². The van der Waals surface area contributed by atoms with Crippen molar-refractivity contribution in [2.24, 2.45) is 0 Å². The van der Waals surface area contributed by atoms with Crippen molar-refractivity contribution < 1.29 is 9.47 Å². The summed E-state index contributed by atoms with van der Waals surface area (Å²) >= 11 is 7.53. The van der Waals surface area contributed by atoms with Gasteiger partial charge in [-0.3, -0.25) is 0 Å². The smallest absolute Gasteiger partial charge is 0.252 e. The van der Waals surface area contributed by atoms with Crippen LogP contribution >= 0.6 is 47.0 Å². The molecule has 14 aromatic carbocycles. The summed E-state index contributed by atoms with van der Waals surface area (Å²) in [6.07, 6.45) is 0. The zero-order chi connectivity index (χ0) is 63.3. The first kappa shape index (κ1) is 53.2. The molecule has 98 heavy (non-hydrogen) atoms. The fourth-order valence-electron chi connectivity index (χ4n) is 17.5. The molecule has 0 bridgehead atoms. The summed E-state index contributed by atoms with van der Waals surface area (Å²) < 4.78 is 13.8. The molecule has 24 rings (SSSR count). The van der Waals surface area contributed by atoms with E-state index in [9.17, 15) is 0 Å². The molecule has 14 heteroatoms. The van der Waals surface area contributed by atoms with Crippen molar-refractivity contribution >= 4 is 196 Å². The van der Waals surface area contributed by atoms with Crippen molar-refractivity contribution in [1.29, 1.82) is 0 Å². The summed E-state index contributed by atoms with van der Waals surface area (Å²) in [5, 5.41) is 0. The highest BCUT2D eigenvalue weighted by atomic mass is 32.2. The lowest BCUT2D eigenvalue weighted by atomic mass is 9.33. The molecule has 14 aromatic rings. The van der Waals surface area contributed by atoms with Crippen molar-refractivity contribution in [3.8, 4) is 34.1 Å². The second-order valence-corrected chi connectivity index (χ2v) is 30.5. The molecule has 0 saturated heterocycles. The van der Waals surface area contributed by atoms with E-state index in [1.807, 2.05) is 47.0 Å². The summed E-state index contributed by atoms with van der Waals surface area (Å²) in [5.41, 5.74) is 30.5. The lowest BCUT2D eigenvalue weighted by Gasteiger charge is -2.48. The molecule has 0 aromatic heterocycles. The van der Waals surface area contributed by atoms with Crippen molar-refractivity contribution in [3.05, 3.63) is 279 Å². The van der Waals surface area contributed by atoms with Crippen LogP contribution < -0.4 is 71.7 Å². The van der Waals surface area contributed by atoms with Gasteiger partial charge in [-0.05, 0) is 183 Å².